The van der Waals surface area contributed by atoms with Gasteiger partial charge < -0.3 is 10.6 Å². The zero-order chi connectivity index (χ0) is 10.5. The molecule has 80 valence electrons. The number of nitrogens with zero attached hydrogens (tertiary/aromatic N) is 1. The fraction of sp³-hybridized carbons (Fsp3) is 0.909. The number of primary amides is 1. The Labute approximate surface area is 85.6 Å². The van der Waals surface area contributed by atoms with E-state index in [4.69, 9.17) is 5.73 Å². The van der Waals surface area contributed by atoms with Crippen molar-refractivity contribution in [3.8, 4) is 0 Å². The van der Waals surface area contributed by atoms with Crippen molar-refractivity contribution >= 4 is 5.91 Å². The molecule has 2 aliphatic rings. The fourth-order valence-corrected chi connectivity index (χ4v) is 3.29. The summed E-state index contributed by atoms with van der Waals surface area (Å²) in [6.07, 6.45) is 2.01. The fourth-order valence-electron chi connectivity index (χ4n) is 3.29. The Hall–Kier alpha value is -0.570. The average molecular weight is 196 g/mol. The van der Waals surface area contributed by atoms with E-state index >= 15 is 0 Å². The van der Waals surface area contributed by atoms with Gasteiger partial charge in [0.05, 0.1) is 0 Å². The molecule has 1 aliphatic carbocycles. The molecule has 14 heavy (non-hydrogen) atoms. The van der Waals surface area contributed by atoms with Gasteiger partial charge in [-0.25, -0.2) is 0 Å². The summed E-state index contributed by atoms with van der Waals surface area (Å²) in [5, 5.41) is 0. The van der Waals surface area contributed by atoms with Gasteiger partial charge in [-0.1, -0.05) is 0 Å². The average Bonchev–Trinajstić information content (AvgIpc) is 2.55. The Kier molecular flexibility index (Phi) is 2.11. The van der Waals surface area contributed by atoms with E-state index in [9.17, 15) is 4.79 Å². The zero-order valence-electron chi connectivity index (χ0n) is 9.29. The van der Waals surface area contributed by atoms with Gasteiger partial charge in [0.25, 0.3) is 0 Å². The van der Waals surface area contributed by atoms with Crippen LogP contribution in [-0.4, -0.2) is 29.9 Å². The Morgan fingerprint density at radius 1 is 1.43 bits per heavy atom. The van der Waals surface area contributed by atoms with E-state index in [1.165, 1.54) is 0 Å². The number of carbonyl (C=O) groups is 1. The molecule has 1 saturated heterocycles. The lowest BCUT2D eigenvalue weighted by molar-refractivity contribution is -0.121. The summed E-state index contributed by atoms with van der Waals surface area (Å²) in [7, 11) is 2.18. The van der Waals surface area contributed by atoms with Crippen LogP contribution in [-0.2, 0) is 4.79 Å². The van der Waals surface area contributed by atoms with Crippen LogP contribution >= 0.6 is 0 Å². The topological polar surface area (TPSA) is 46.3 Å². The van der Waals surface area contributed by atoms with E-state index in [0.29, 0.717) is 11.8 Å². The molecule has 1 aliphatic heterocycles. The van der Waals surface area contributed by atoms with E-state index < -0.39 is 0 Å². The molecule has 1 saturated carbocycles. The molecule has 3 nitrogen and oxygen atoms in total. The number of hydrogen-bond acceptors (Lipinski definition) is 2. The lowest BCUT2D eigenvalue weighted by atomic mass is 9.84. The number of hydrogen-bond donors (Lipinski definition) is 1. The van der Waals surface area contributed by atoms with E-state index in [1.807, 2.05) is 0 Å². The van der Waals surface area contributed by atoms with Crippen LogP contribution in [0.3, 0.4) is 0 Å². The molecule has 3 atom stereocenters. The second kappa shape index (κ2) is 2.96. The van der Waals surface area contributed by atoms with Crippen molar-refractivity contribution in [2.45, 2.75) is 32.2 Å². The summed E-state index contributed by atoms with van der Waals surface area (Å²) in [5.74, 6) is 1.38. The Morgan fingerprint density at radius 2 is 2.07 bits per heavy atom. The standard InChI is InChI=1S/C11H20N2O/c1-11(2)9-5-7(10(12)14)4-8(9)6-13(11)3/h7-9H,4-6H2,1-3H3,(H2,12,14). The van der Waals surface area contributed by atoms with Crippen molar-refractivity contribution in [2.75, 3.05) is 13.6 Å². The van der Waals surface area contributed by atoms with Crippen molar-refractivity contribution < 1.29 is 4.79 Å². The first-order valence-corrected chi connectivity index (χ1v) is 5.43. The summed E-state index contributed by atoms with van der Waals surface area (Å²) in [5.41, 5.74) is 5.62. The Morgan fingerprint density at radius 3 is 2.57 bits per heavy atom. The SMILES string of the molecule is CN1CC2CC(C(N)=O)CC2C1(C)C. The van der Waals surface area contributed by atoms with Gasteiger partial charge in [-0.2, -0.15) is 0 Å². The van der Waals surface area contributed by atoms with E-state index in [-0.39, 0.29) is 17.4 Å². The lowest BCUT2D eigenvalue weighted by Crippen LogP contribution is -2.40. The summed E-state index contributed by atoms with van der Waals surface area (Å²) in [6, 6.07) is 0. The normalized spacial score (nSPS) is 41.2. The molecule has 1 amide bonds. The Balaban J connectivity index is 2.14. The van der Waals surface area contributed by atoms with Crippen LogP contribution in [0.15, 0.2) is 0 Å². The predicted octanol–water partition coefficient (Wildman–Crippen LogP) is 0.838. The molecule has 0 aromatic rings. The first-order chi connectivity index (χ1) is 6.43. The molecule has 2 fully saturated rings. The molecule has 3 heteroatoms. The maximum atomic E-state index is 11.1. The number of rotatable bonds is 1. The van der Waals surface area contributed by atoms with Gasteiger partial charge in [-0.05, 0) is 45.6 Å². The summed E-state index contributed by atoms with van der Waals surface area (Å²) in [4.78, 5) is 13.6. The van der Waals surface area contributed by atoms with Crippen LogP contribution in [0.4, 0.5) is 0 Å². The van der Waals surface area contributed by atoms with Crippen molar-refractivity contribution in [3.63, 3.8) is 0 Å². The largest absolute Gasteiger partial charge is 0.369 e. The summed E-state index contributed by atoms with van der Waals surface area (Å²) >= 11 is 0. The van der Waals surface area contributed by atoms with Crippen molar-refractivity contribution in [1.29, 1.82) is 0 Å². The second-order valence-electron chi connectivity index (χ2n) is 5.47. The molecule has 0 spiro atoms. The maximum Gasteiger partial charge on any atom is 0.220 e. The van der Waals surface area contributed by atoms with Gasteiger partial charge in [0.1, 0.15) is 0 Å². The first kappa shape index (κ1) is 9.97. The van der Waals surface area contributed by atoms with Gasteiger partial charge in [0.2, 0.25) is 5.91 Å². The molecule has 0 aromatic heterocycles. The van der Waals surface area contributed by atoms with Gasteiger partial charge >= 0.3 is 0 Å². The van der Waals surface area contributed by atoms with Crippen LogP contribution in [0.2, 0.25) is 0 Å². The third kappa shape index (κ3) is 1.26. The summed E-state index contributed by atoms with van der Waals surface area (Å²) < 4.78 is 0. The highest BCUT2D eigenvalue weighted by Crippen LogP contribution is 2.49. The molecule has 0 bridgehead atoms. The number of fused-ring (bicyclic) bond motifs is 1. The van der Waals surface area contributed by atoms with Crippen LogP contribution < -0.4 is 5.73 Å². The minimum atomic E-state index is -0.0992. The molecule has 1 heterocycles. The van der Waals surface area contributed by atoms with Crippen molar-refractivity contribution in [1.82, 2.24) is 4.90 Å². The number of carbonyl (C=O) groups excluding carboxylic acids is 1. The third-order valence-corrected chi connectivity index (χ3v) is 4.50. The van der Waals surface area contributed by atoms with Crippen LogP contribution in [0.5, 0.6) is 0 Å². The maximum absolute atomic E-state index is 11.1. The summed E-state index contributed by atoms with van der Waals surface area (Å²) in [6.45, 7) is 5.68. The molecule has 0 radical (unpaired) electrons. The number of amides is 1. The van der Waals surface area contributed by atoms with Gasteiger partial charge in [-0.3, -0.25) is 4.79 Å². The monoisotopic (exact) mass is 196 g/mol. The van der Waals surface area contributed by atoms with Crippen LogP contribution in [0, 0.1) is 17.8 Å². The minimum absolute atomic E-state index is 0.0992. The molecule has 0 aromatic carbocycles. The highest BCUT2D eigenvalue weighted by molar-refractivity contribution is 5.77. The third-order valence-electron chi connectivity index (χ3n) is 4.50. The van der Waals surface area contributed by atoms with E-state index in [2.05, 4.69) is 25.8 Å². The number of nitrogens with two attached hydrogens (primary N) is 1. The van der Waals surface area contributed by atoms with Gasteiger partial charge in [0, 0.05) is 18.0 Å². The van der Waals surface area contributed by atoms with Crippen LogP contribution in [0.1, 0.15) is 26.7 Å². The molecule has 2 rings (SSSR count). The minimum Gasteiger partial charge on any atom is -0.369 e. The lowest BCUT2D eigenvalue weighted by Gasteiger charge is -2.33. The van der Waals surface area contributed by atoms with Crippen molar-refractivity contribution in [3.05, 3.63) is 0 Å². The number of likely N-dealkylation sites (tertiary alicyclic amines) is 1. The smallest absolute Gasteiger partial charge is 0.220 e. The molecule has 2 N–H and O–H groups in total. The Bertz CT molecular complexity index is 262. The molecule has 3 unspecified atom stereocenters. The molecular formula is C11H20N2O. The highest BCUT2D eigenvalue weighted by Gasteiger charge is 2.51. The molecular weight excluding hydrogens is 176 g/mol. The van der Waals surface area contributed by atoms with Crippen LogP contribution in [0.25, 0.3) is 0 Å². The van der Waals surface area contributed by atoms with E-state index in [1.54, 1.807) is 0 Å². The second-order valence-corrected chi connectivity index (χ2v) is 5.47. The van der Waals surface area contributed by atoms with Gasteiger partial charge in [-0.15, -0.1) is 0 Å². The quantitative estimate of drug-likeness (QED) is 0.675. The highest BCUT2D eigenvalue weighted by atomic mass is 16.1. The van der Waals surface area contributed by atoms with Crippen molar-refractivity contribution in [2.24, 2.45) is 23.5 Å². The first-order valence-electron chi connectivity index (χ1n) is 5.43. The van der Waals surface area contributed by atoms with E-state index in [0.717, 1.165) is 19.4 Å². The predicted molar refractivity (Wildman–Crippen MR) is 55.6 cm³/mol. The van der Waals surface area contributed by atoms with Gasteiger partial charge in [0.15, 0.2) is 0 Å². The zero-order valence-corrected chi connectivity index (χ0v) is 9.29.